The van der Waals surface area contributed by atoms with Crippen LogP contribution in [0.4, 0.5) is 24.9 Å². The van der Waals surface area contributed by atoms with E-state index in [0.717, 1.165) is 48.9 Å². The molecule has 1 aliphatic rings. The van der Waals surface area contributed by atoms with Crippen molar-refractivity contribution in [1.82, 2.24) is 15.3 Å². The first-order valence-electron chi connectivity index (χ1n) is 11.5. The zero-order valence-electron chi connectivity index (χ0n) is 19.4. The van der Waals surface area contributed by atoms with E-state index in [1.165, 1.54) is 6.07 Å². The minimum atomic E-state index is -4.27. The zero-order chi connectivity index (χ0) is 24.1. The van der Waals surface area contributed by atoms with Gasteiger partial charge in [-0.25, -0.2) is 4.98 Å². The van der Waals surface area contributed by atoms with E-state index >= 15 is 0 Å². The lowest BCUT2D eigenvalue weighted by atomic mass is 9.86. The van der Waals surface area contributed by atoms with E-state index in [-0.39, 0.29) is 16.7 Å². The lowest BCUT2D eigenvalue weighted by Crippen LogP contribution is -2.31. The number of rotatable bonds is 8. The fourth-order valence-corrected chi connectivity index (χ4v) is 5.11. The Balaban J connectivity index is 1.28. The van der Waals surface area contributed by atoms with Gasteiger partial charge in [0.1, 0.15) is 5.82 Å². The number of anilines is 2. The van der Waals surface area contributed by atoms with Gasteiger partial charge in [-0.3, -0.25) is 0 Å². The predicted octanol–water partition coefficient (Wildman–Crippen LogP) is 6.07. The minimum absolute atomic E-state index is 0.0453. The number of para-hydroxylation sites is 1. The maximum atomic E-state index is 12.8. The van der Waals surface area contributed by atoms with Crippen molar-refractivity contribution >= 4 is 34.4 Å². The monoisotopic (exact) mass is 489 g/mol. The molecule has 0 radical (unpaired) electrons. The van der Waals surface area contributed by atoms with Crippen LogP contribution >= 0.6 is 11.8 Å². The summed E-state index contributed by atoms with van der Waals surface area (Å²) in [6.07, 6.45) is 4.14. The molecular formula is C25H30F3N5S. The van der Waals surface area contributed by atoms with E-state index in [0.29, 0.717) is 30.0 Å². The number of hydrogen-bond acceptors (Lipinski definition) is 6. The third kappa shape index (κ3) is 6.54. The lowest BCUT2D eigenvalue weighted by molar-refractivity contribution is -0.0328. The highest BCUT2D eigenvalue weighted by Crippen LogP contribution is 2.38. The molecule has 1 saturated carbocycles. The molecule has 0 saturated heterocycles. The highest BCUT2D eigenvalue weighted by Gasteiger charge is 2.30. The maximum absolute atomic E-state index is 12.8. The van der Waals surface area contributed by atoms with Crippen molar-refractivity contribution < 1.29 is 13.2 Å². The van der Waals surface area contributed by atoms with Crippen molar-refractivity contribution in [2.45, 2.75) is 48.7 Å². The van der Waals surface area contributed by atoms with Crippen molar-refractivity contribution in [2.24, 2.45) is 5.92 Å². The Morgan fingerprint density at radius 2 is 1.68 bits per heavy atom. The summed E-state index contributed by atoms with van der Waals surface area (Å²) in [6, 6.07) is 15.0. The van der Waals surface area contributed by atoms with Crippen LogP contribution in [-0.2, 0) is 6.54 Å². The fourth-order valence-electron chi connectivity index (χ4n) is 4.44. The molecule has 2 aromatic carbocycles. The first kappa shape index (κ1) is 24.6. The van der Waals surface area contributed by atoms with Gasteiger partial charge in [-0.2, -0.15) is 18.2 Å². The molecular weight excluding hydrogens is 459 g/mol. The molecule has 0 atom stereocenters. The van der Waals surface area contributed by atoms with Gasteiger partial charge in [-0.1, -0.05) is 30.3 Å². The van der Waals surface area contributed by atoms with Gasteiger partial charge in [-0.15, -0.1) is 0 Å². The van der Waals surface area contributed by atoms with Gasteiger partial charge >= 0.3 is 5.51 Å². The molecule has 0 spiro atoms. The molecule has 1 fully saturated rings. The number of nitrogens with zero attached hydrogens (tertiary/aromatic N) is 3. The van der Waals surface area contributed by atoms with Crippen LogP contribution in [0.25, 0.3) is 10.9 Å². The molecule has 0 aliphatic heterocycles. The smallest absolute Gasteiger partial charge is 0.362 e. The Bertz CT molecular complexity index is 1100. The second-order valence-corrected chi connectivity index (χ2v) is 10.0. The summed E-state index contributed by atoms with van der Waals surface area (Å²) in [5.74, 6) is 2.06. The van der Waals surface area contributed by atoms with Crippen LogP contribution in [0.5, 0.6) is 0 Å². The number of alkyl halides is 3. The minimum Gasteiger partial charge on any atom is -0.362 e. The molecule has 9 heteroatoms. The summed E-state index contributed by atoms with van der Waals surface area (Å²) in [5, 5.41) is 7.92. The predicted molar refractivity (Wildman–Crippen MR) is 133 cm³/mol. The van der Waals surface area contributed by atoms with Crippen molar-refractivity contribution in [2.75, 3.05) is 30.9 Å². The SMILES string of the molecule is CN(C)c1nc(NC2CCC(CNCc3ccccc3SC(F)(F)F)CC2)nc2ccccc12. The van der Waals surface area contributed by atoms with E-state index in [2.05, 4.69) is 10.6 Å². The van der Waals surface area contributed by atoms with Crippen LogP contribution in [0, 0.1) is 5.92 Å². The summed E-state index contributed by atoms with van der Waals surface area (Å²) in [4.78, 5) is 11.7. The number of benzene rings is 2. The van der Waals surface area contributed by atoms with Gasteiger partial charge < -0.3 is 15.5 Å². The molecule has 2 N–H and O–H groups in total. The zero-order valence-corrected chi connectivity index (χ0v) is 20.2. The molecule has 1 heterocycles. The van der Waals surface area contributed by atoms with Crippen LogP contribution in [0.1, 0.15) is 31.2 Å². The van der Waals surface area contributed by atoms with Gasteiger partial charge in [-0.05, 0) is 73.7 Å². The Morgan fingerprint density at radius 3 is 2.41 bits per heavy atom. The molecule has 1 aromatic heterocycles. The number of thioether (sulfide) groups is 1. The van der Waals surface area contributed by atoms with E-state index in [9.17, 15) is 13.2 Å². The van der Waals surface area contributed by atoms with Gasteiger partial charge in [0.25, 0.3) is 0 Å². The first-order valence-corrected chi connectivity index (χ1v) is 12.3. The van der Waals surface area contributed by atoms with Crippen LogP contribution < -0.4 is 15.5 Å². The van der Waals surface area contributed by atoms with Crippen LogP contribution in [0.2, 0.25) is 0 Å². The Kier molecular flexibility index (Phi) is 7.83. The first-order chi connectivity index (χ1) is 16.3. The number of aromatic nitrogens is 2. The van der Waals surface area contributed by atoms with Crippen molar-refractivity contribution in [3.8, 4) is 0 Å². The Hall–Kier alpha value is -2.52. The van der Waals surface area contributed by atoms with Gasteiger partial charge in [0.15, 0.2) is 0 Å². The third-order valence-corrected chi connectivity index (χ3v) is 6.98. The average Bonchev–Trinajstić information content (AvgIpc) is 2.80. The van der Waals surface area contributed by atoms with Gasteiger partial charge in [0.2, 0.25) is 5.95 Å². The number of fused-ring (bicyclic) bond motifs is 1. The topological polar surface area (TPSA) is 53.1 Å². The molecule has 0 bridgehead atoms. The lowest BCUT2D eigenvalue weighted by Gasteiger charge is -2.29. The highest BCUT2D eigenvalue weighted by atomic mass is 32.2. The molecule has 4 rings (SSSR count). The summed E-state index contributed by atoms with van der Waals surface area (Å²) >= 11 is -0.0453. The number of hydrogen-bond donors (Lipinski definition) is 2. The molecule has 182 valence electrons. The summed E-state index contributed by atoms with van der Waals surface area (Å²) in [7, 11) is 3.97. The van der Waals surface area contributed by atoms with E-state index in [1.807, 2.05) is 43.3 Å². The van der Waals surface area contributed by atoms with Crippen molar-refractivity contribution in [1.29, 1.82) is 0 Å². The number of nitrogens with one attached hydrogen (secondary N) is 2. The molecule has 1 aliphatic carbocycles. The van der Waals surface area contributed by atoms with Crippen LogP contribution in [-0.4, -0.2) is 42.2 Å². The highest BCUT2D eigenvalue weighted by molar-refractivity contribution is 8.00. The van der Waals surface area contributed by atoms with E-state index < -0.39 is 5.51 Å². The second-order valence-electron chi connectivity index (χ2n) is 8.93. The standard InChI is InChI=1S/C25H30F3N5S/c1-33(2)23-20-8-4-5-9-21(20)31-24(32-23)30-19-13-11-17(12-14-19)15-29-16-18-7-3-6-10-22(18)34-25(26,27)28/h3-10,17,19,29H,11-16H2,1-2H3,(H,30,31,32). The number of halogens is 3. The second kappa shape index (κ2) is 10.8. The Morgan fingerprint density at radius 1 is 0.971 bits per heavy atom. The molecule has 5 nitrogen and oxygen atoms in total. The summed E-state index contributed by atoms with van der Waals surface area (Å²) in [5.41, 5.74) is -2.67. The van der Waals surface area contributed by atoms with Gasteiger partial charge in [0.05, 0.1) is 5.52 Å². The van der Waals surface area contributed by atoms with Gasteiger partial charge in [0, 0.05) is 37.0 Å². The quantitative estimate of drug-likeness (QED) is 0.375. The largest absolute Gasteiger partial charge is 0.446 e. The molecule has 0 unspecified atom stereocenters. The average molecular weight is 490 g/mol. The normalized spacial score (nSPS) is 18.7. The van der Waals surface area contributed by atoms with E-state index in [1.54, 1.807) is 18.2 Å². The van der Waals surface area contributed by atoms with Crippen LogP contribution in [0.15, 0.2) is 53.4 Å². The summed E-state index contributed by atoms with van der Waals surface area (Å²) < 4.78 is 38.4. The Labute approximate surface area is 202 Å². The summed E-state index contributed by atoms with van der Waals surface area (Å²) in [6.45, 7) is 1.24. The van der Waals surface area contributed by atoms with E-state index in [4.69, 9.17) is 9.97 Å². The molecule has 34 heavy (non-hydrogen) atoms. The third-order valence-electron chi connectivity index (χ3n) is 6.13. The molecule has 0 amide bonds. The fraction of sp³-hybridized carbons (Fsp3) is 0.440. The molecule has 3 aromatic rings. The van der Waals surface area contributed by atoms with Crippen LogP contribution in [0.3, 0.4) is 0 Å². The van der Waals surface area contributed by atoms with Crippen molar-refractivity contribution in [3.05, 3.63) is 54.1 Å². The maximum Gasteiger partial charge on any atom is 0.446 e. The van der Waals surface area contributed by atoms with Crippen molar-refractivity contribution in [3.63, 3.8) is 0 Å².